The van der Waals surface area contributed by atoms with Crippen molar-refractivity contribution >= 4 is 24.0 Å². The molecular formula is C20H25ClN2O4. The molecule has 0 aliphatic carbocycles. The molecular weight excluding hydrogens is 368 g/mol. The first-order chi connectivity index (χ1) is 12.7. The fourth-order valence-corrected chi connectivity index (χ4v) is 2.71. The molecule has 0 aromatic heterocycles. The van der Waals surface area contributed by atoms with Crippen LogP contribution in [0.15, 0.2) is 48.5 Å². The largest absolute Gasteiger partial charge is 0.492 e. The van der Waals surface area contributed by atoms with Crippen molar-refractivity contribution in [1.82, 2.24) is 0 Å². The second-order valence-electron chi connectivity index (χ2n) is 6.09. The summed E-state index contributed by atoms with van der Waals surface area (Å²) in [5, 5.41) is 2.87. The van der Waals surface area contributed by atoms with Crippen LogP contribution in [-0.4, -0.2) is 38.4 Å². The Morgan fingerprint density at radius 3 is 2.67 bits per heavy atom. The molecule has 1 amide bonds. The molecule has 0 spiro atoms. The highest BCUT2D eigenvalue weighted by atomic mass is 35.5. The van der Waals surface area contributed by atoms with Crippen LogP contribution in [0.4, 0.5) is 5.69 Å². The number of benzene rings is 2. The van der Waals surface area contributed by atoms with Gasteiger partial charge in [-0.1, -0.05) is 6.07 Å². The molecule has 0 radical (unpaired) electrons. The smallest absolute Gasteiger partial charge is 0.255 e. The number of carbonyl (C=O) groups is 1. The lowest BCUT2D eigenvalue weighted by atomic mass is 10.2. The number of halogens is 1. The molecule has 1 aliphatic heterocycles. The monoisotopic (exact) mass is 392 g/mol. The lowest BCUT2D eigenvalue weighted by Crippen LogP contribution is -2.17. The highest BCUT2D eigenvalue weighted by Crippen LogP contribution is 2.19. The molecule has 146 valence electrons. The minimum absolute atomic E-state index is 0. The van der Waals surface area contributed by atoms with Crippen LogP contribution in [0.3, 0.4) is 0 Å². The van der Waals surface area contributed by atoms with Gasteiger partial charge in [-0.3, -0.25) is 4.79 Å². The van der Waals surface area contributed by atoms with E-state index < -0.39 is 0 Å². The van der Waals surface area contributed by atoms with Gasteiger partial charge in [-0.25, -0.2) is 0 Å². The van der Waals surface area contributed by atoms with E-state index in [-0.39, 0.29) is 24.4 Å². The van der Waals surface area contributed by atoms with Gasteiger partial charge >= 0.3 is 0 Å². The Kier molecular flexibility index (Phi) is 8.39. The molecule has 7 heteroatoms. The summed E-state index contributed by atoms with van der Waals surface area (Å²) in [6.45, 7) is 2.23. The Morgan fingerprint density at radius 2 is 1.96 bits per heavy atom. The van der Waals surface area contributed by atoms with Gasteiger partial charge in [0.25, 0.3) is 5.91 Å². The Bertz CT molecular complexity index is 718. The third kappa shape index (κ3) is 6.43. The highest BCUT2D eigenvalue weighted by Gasteiger charge is 2.16. The number of carbonyl (C=O) groups excluding carboxylic acids is 1. The SMILES string of the molecule is Cl.NCCOc1ccc(NC(=O)c2cccc(OCC3CCCO3)c2)cc1. The molecule has 1 aliphatic rings. The van der Waals surface area contributed by atoms with E-state index in [4.69, 9.17) is 19.9 Å². The molecule has 1 saturated heterocycles. The molecule has 2 aromatic rings. The number of anilines is 1. The lowest BCUT2D eigenvalue weighted by Gasteiger charge is -2.12. The van der Waals surface area contributed by atoms with Gasteiger partial charge in [0, 0.05) is 24.4 Å². The van der Waals surface area contributed by atoms with Crippen molar-refractivity contribution in [2.45, 2.75) is 18.9 Å². The van der Waals surface area contributed by atoms with Crippen LogP contribution in [-0.2, 0) is 4.74 Å². The predicted molar refractivity (Wildman–Crippen MR) is 107 cm³/mol. The summed E-state index contributed by atoms with van der Waals surface area (Å²) in [5.41, 5.74) is 6.64. The molecule has 0 saturated carbocycles. The first kappa shape index (κ1) is 21.0. The standard InChI is InChI=1S/C20H24N2O4.ClH/c21-10-12-25-17-8-6-16(7-9-17)22-20(23)15-3-1-4-18(13-15)26-14-19-5-2-11-24-19;/h1,3-4,6-9,13,19H,2,5,10-12,14,21H2,(H,22,23);1H. The van der Waals surface area contributed by atoms with Gasteiger partial charge in [0.15, 0.2) is 0 Å². The van der Waals surface area contributed by atoms with E-state index in [2.05, 4.69) is 5.32 Å². The van der Waals surface area contributed by atoms with Crippen LogP contribution >= 0.6 is 12.4 Å². The molecule has 0 bridgehead atoms. The summed E-state index contributed by atoms with van der Waals surface area (Å²) in [5.74, 6) is 1.19. The van der Waals surface area contributed by atoms with E-state index >= 15 is 0 Å². The van der Waals surface area contributed by atoms with Crippen LogP contribution in [0.5, 0.6) is 11.5 Å². The third-order valence-corrected chi connectivity index (χ3v) is 4.05. The predicted octanol–water partition coefficient (Wildman–Crippen LogP) is 3.26. The van der Waals surface area contributed by atoms with Crippen molar-refractivity contribution in [3.05, 3.63) is 54.1 Å². The van der Waals surface area contributed by atoms with Crippen molar-refractivity contribution in [2.24, 2.45) is 5.73 Å². The number of nitrogens with two attached hydrogens (primary N) is 1. The maximum Gasteiger partial charge on any atom is 0.255 e. The summed E-state index contributed by atoms with van der Waals surface area (Å²) in [4.78, 5) is 12.4. The zero-order valence-corrected chi connectivity index (χ0v) is 15.9. The zero-order valence-electron chi connectivity index (χ0n) is 15.1. The van der Waals surface area contributed by atoms with E-state index in [9.17, 15) is 4.79 Å². The number of rotatable bonds is 8. The average molecular weight is 393 g/mol. The maximum absolute atomic E-state index is 12.4. The van der Waals surface area contributed by atoms with Crippen LogP contribution in [0.2, 0.25) is 0 Å². The van der Waals surface area contributed by atoms with Crippen molar-refractivity contribution in [3.8, 4) is 11.5 Å². The van der Waals surface area contributed by atoms with E-state index in [1.807, 2.05) is 12.1 Å². The summed E-state index contributed by atoms with van der Waals surface area (Å²) in [6, 6.07) is 14.3. The van der Waals surface area contributed by atoms with Crippen LogP contribution in [0.1, 0.15) is 23.2 Å². The zero-order chi connectivity index (χ0) is 18.2. The fourth-order valence-electron chi connectivity index (χ4n) is 2.71. The fraction of sp³-hybridized carbons (Fsp3) is 0.350. The Morgan fingerprint density at radius 1 is 1.15 bits per heavy atom. The minimum atomic E-state index is -0.191. The van der Waals surface area contributed by atoms with Crippen molar-refractivity contribution in [1.29, 1.82) is 0 Å². The second-order valence-corrected chi connectivity index (χ2v) is 6.09. The van der Waals surface area contributed by atoms with Gasteiger partial charge in [0.05, 0.1) is 6.10 Å². The van der Waals surface area contributed by atoms with E-state index in [1.54, 1.807) is 36.4 Å². The normalized spacial score (nSPS) is 15.7. The van der Waals surface area contributed by atoms with Crippen molar-refractivity contribution in [2.75, 3.05) is 31.7 Å². The van der Waals surface area contributed by atoms with Crippen LogP contribution in [0, 0.1) is 0 Å². The van der Waals surface area contributed by atoms with Gasteiger partial charge in [0.2, 0.25) is 0 Å². The average Bonchev–Trinajstić information content (AvgIpc) is 3.20. The molecule has 3 N–H and O–H groups in total. The number of nitrogens with one attached hydrogen (secondary N) is 1. The van der Waals surface area contributed by atoms with E-state index in [0.29, 0.717) is 36.8 Å². The van der Waals surface area contributed by atoms with Gasteiger partial charge in [0.1, 0.15) is 24.7 Å². The summed E-state index contributed by atoms with van der Waals surface area (Å²) in [7, 11) is 0. The van der Waals surface area contributed by atoms with E-state index in [0.717, 1.165) is 25.2 Å². The molecule has 3 rings (SSSR count). The summed E-state index contributed by atoms with van der Waals surface area (Å²) < 4.78 is 16.7. The number of hydrogen-bond acceptors (Lipinski definition) is 5. The molecule has 1 unspecified atom stereocenters. The van der Waals surface area contributed by atoms with Crippen LogP contribution < -0.4 is 20.5 Å². The first-order valence-electron chi connectivity index (χ1n) is 8.83. The molecule has 1 fully saturated rings. The van der Waals surface area contributed by atoms with Gasteiger partial charge < -0.3 is 25.3 Å². The molecule has 6 nitrogen and oxygen atoms in total. The Balaban J connectivity index is 0.00000261. The van der Waals surface area contributed by atoms with Gasteiger partial charge in [-0.2, -0.15) is 0 Å². The number of ether oxygens (including phenoxy) is 3. The topological polar surface area (TPSA) is 82.8 Å². The number of hydrogen-bond donors (Lipinski definition) is 2. The number of amides is 1. The first-order valence-corrected chi connectivity index (χ1v) is 8.83. The van der Waals surface area contributed by atoms with Gasteiger partial charge in [-0.05, 0) is 55.3 Å². The van der Waals surface area contributed by atoms with E-state index in [1.165, 1.54) is 0 Å². The molecule has 1 atom stereocenters. The Labute approximate surface area is 165 Å². The summed E-state index contributed by atoms with van der Waals surface area (Å²) >= 11 is 0. The Hall–Kier alpha value is -2.28. The minimum Gasteiger partial charge on any atom is -0.492 e. The molecule has 2 aromatic carbocycles. The summed E-state index contributed by atoms with van der Waals surface area (Å²) in [6.07, 6.45) is 2.24. The van der Waals surface area contributed by atoms with Crippen molar-refractivity contribution < 1.29 is 19.0 Å². The lowest BCUT2D eigenvalue weighted by molar-refractivity contribution is 0.0679. The quantitative estimate of drug-likeness (QED) is 0.720. The second kappa shape index (κ2) is 10.8. The highest BCUT2D eigenvalue weighted by molar-refractivity contribution is 6.04. The van der Waals surface area contributed by atoms with Crippen molar-refractivity contribution in [3.63, 3.8) is 0 Å². The molecule has 1 heterocycles. The van der Waals surface area contributed by atoms with Crippen LogP contribution in [0.25, 0.3) is 0 Å². The van der Waals surface area contributed by atoms with Gasteiger partial charge in [-0.15, -0.1) is 12.4 Å². The maximum atomic E-state index is 12.4. The molecule has 27 heavy (non-hydrogen) atoms. The third-order valence-electron chi connectivity index (χ3n) is 4.05.